The molecule has 0 bridgehead atoms. The summed E-state index contributed by atoms with van der Waals surface area (Å²) in [5, 5.41) is 14.5. The van der Waals surface area contributed by atoms with Gasteiger partial charge in [-0.2, -0.15) is 10.1 Å². The predicted octanol–water partition coefficient (Wildman–Crippen LogP) is 4.40. The van der Waals surface area contributed by atoms with E-state index in [0.717, 1.165) is 17.9 Å². The zero-order valence-electron chi connectivity index (χ0n) is 15.9. The number of nitrogens with zero attached hydrogens (tertiary/aromatic N) is 3. The number of nitrogens with one attached hydrogen (secondary N) is 2. The van der Waals surface area contributed by atoms with Crippen molar-refractivity contribution in [2.45, 2.75) is 26.2 Å². The Labute approximate surface area is 160 Å². The highest BCUT2D eigenvalue weighted by Gasteiger charge is 2.03. The smallest absolute Gasteiger partial charge is 0.244 e. The highest BCUT2D eigenvalue weighted by atomic mass is 16.5. The number of aromatic nitrogens is 3. The van der Waals surface area contributed by atoms with Crippen LogP contribution < -0.4 is 15.4 Å². The quantitative estimate of drug-likeness (QED) is 0.618. The Kier molecular flexibility index (Phi) is 6.20. The Balaban J connectivity index is 1.56. The zero-order valence-corrected chi connectivity index (χ0v) is 15.9. The minimum Gasteiger partial charge on any atom is -0.497 e. The van der Waals surface area contributed by atoms with Gasteiger partial charge >= 0.3 is 0 Å². The van der Waals surface area contributed by atoms with Gasteiger partial charge in [0.15, 0.2) is 5.82 Å². The van der Waals surface area contributed by atoms with Crippen LogP contribution in [0.3, 0.4) is 0 Å². The summed E-state index contributed by atoms with van der Waals surface area (Å²) < 4.78 is 5.25. The lowest BCUT2D eigenvalue weighted by Crippen LogP contribution is -2.09. The summed E-state index contributed by atoms with van der Waals surface area (Å²) in [5.74, 6) is 2.54. The molecule has 0 atom stereocenters. The van der Waals surface area contributed by atoms with Gasteiger partial charge < -0.3 is 15.4 Å². The van der Waals surface area contributed by atoms with E-state index in [1.165, 1.54) is 11.1 Å². The van der Waals surface area contributed by atoms with Crippen molar-refractivity contribution >= 4 is 17.5 Å². The Morgan fingerprint density at radius 3 is 2.63 bits per heavy atom. The number of methoxy groups -OCH3 is 1. The summed E-state index contributed by atoms with van der Waals surface area (Å²) in [6.07, 6.45) is 2.46. The molecular weight excluding hydrogens is 338 g/mol. The summed E-state index contributed by atoms with van der Waals surface area (Å²) in [5.41, 5.74) is 3.47. The third-order valence-corrected chi connectivity index (χ3v) is 4.24. The first kappa shape index (κ1) is 18.6. The molecule has 1 aromatic heterocycles. The molecule has 0 saturated carbocycles. The van der Waals surface area contributed by atoms with Gasteiger partial charge in [-0.1, -0.05) is 38.1 Å². The van der Waals surface area contributed by atoms with E-state index in [1.807, 2.05) is 30.3 Å². The maximum absolute atomic E-state index is 5.25. The van der Waals surface area contributed by atoms with Crippen LogP contribution in [-0.4, -0.2) is 28.8 Å². The van der Waals surface area contributed by atoms with Gasteiger partial charge in [0.2, 0.25) is 5.95 Å². The minimum absolute atomic E-state index is 0.502. The van der Waals surface area contributed by atoms with Crippen LogP contribution in [0.5, 0.6) is 5.75 Å². The summed E-state index contributed by atoms with van der Waals surface area (Å²) in [6, 6.07) is 16.4. The van der Waals surface area contributed by atoms with Crippen molar-refractivity contribution < 1.29 is 4.74 Å². The van der Waals surface area contributed by atoms with E-state index < -0.39 is 0 Å². The van der Waals surface area contributed by atoms with Crippen LogP contribution in [0, 0.1) is 0 Å². The summed E-state index contributed by atoms with van der Waals surface area (Å²) in [4.78, 5) is 4.47. The number of hydrogen-bond donors (Lipinski definition) is 2. The van der Waals surface area contributed by atoms with Crippen molar-refractivity contribution in [2.24, 2.45) is 0 Å². The Bertz CT molecular complexity index is 864. The maximum Gasteiger partial charge on any atom is 0.244 e. The Hall–Kier alpha value is -3.15. The third kappa shape index (κ3) is 5.41. The number of rotatable bonds is 8. The fourth-order valence-electron chi connectivity index (χ4n) is 2.68. The molecule has 3 rings (SSSR count). The van der Waals surface area contributed by atoms with Gasteiger partial charge in [0, 0.05) is 12.2 Å². The van der Waals surface area contributed by atoms with E-state index in [0.29, 0.717) is 24.2 Å². The maximum atomic E-state index is 5.25. The third-order valence-electron chi connectivity index (χ3n) is 4.24. The van der Waals surface area contributed by atoms with Gasteiger partial charge in [-0.3, -0.25) is 0 Å². The van der Waals surface area contributed by atoms with E-state index in [4.69, 9.17) is 4.74 Å². The van der Waals surface area contributed by atoms with Crippen LogP contribution in [0.15, 0.2) is 54.7 Å². The number of hydrogen-bond acceptors (Lipinski definition) is 6. The van der Waals surface area contributed by atoms with E-state index in [-0.39, 0.29) is 0 Å². The lowest BCUT2D eigenvalue weighted by atomic mass is 10.0. The topological polar surface area (TPSA) is 72.0 Å². The molecular formula is C21H25N5O. The number of benzene rings is 2. The summed E-state index contributed by atoms with van der Waals surface area (Å²) in [7, 11) is 1.67. The molecule has 1 heterocycles. The van der Waals surface area contributed by atoms with Crippen LogP contribution in [0.25, 0.3) is 0 Å². The lowest BCUT2D eigenvalue weighted by molar-refractivity contribution is 0.414. The minimum atomic E-state index is 0.502. The Morgan fingerprint density at radius 1 is 1.07 bits per heavy atom. The van der Waals surface area contributed by atoms with Crippen LogP contribution >= 0.6 is 0 Å². The zero-order chi connectivity index (χ0) is 19.1. The summed E-state index contributed by atoms with van der Waals surface area (Å²) in [6.45, 7) is 5.07. The van der Waals surface area contributed by atoms with Crippen molar-refractivity contribution in [3.63, 3.8) is 0 Å². The molecule has 27 heavy (non-hydrogen) atoms. The van der Waals surface area contributed by atoms with Gasteiger partial charge in [-0.15, -0.1) is 5.10 Å². The van der Waals surface area contributed by atoms with Gasteiger partial charge in [0.25, 0.3) is 0 Å². The molecule has 2 aromatic carbocycles. The monoisotopic (exact) mass is 363 g/mol. The van der Waals surface area contributed by atoms with E-state index in [9.17, 15) is 0 Å². The molecule has 2 N–H and O–H groups in total. The first-order valence-electron chi connectivity index (χ1n) is 9.07. The molecule has 0 aliphatic heterocycles. The standard InChI is InChI=1S/C21H25N5O/c1-15(2)17-7-9-18(10-8-17)24-20-14-23-26-21(25-20)22-12-11-16-5-4-6-19(13-16)27-3/h4-10,13-15H,11-12H2,1-3H3,(H2,22,24,25,26). The predicted molar refractivity (Wildman–Crippen MR) is 109 cm³/mol. The average Bonchev–Trinajstić information content (AvgIpc) is 2.69. The normalized spacial score (nSPS) is 10.7. The second kappa shape index (κ2) is 8.98. The first-order chi connectivity index (χ1) is 13.1. The first-order valence-corrected chi connectivity index (χ1v) is 9.07. The van der Waals surface area contributed by atoms with Gasteiger partial charge in [-0.05, 0) is 47.7 Å². The van der Waals surface area contributed by atoms with Crippen molar-refractivity contribution in [1.29, 1.82) is 0 Å². The number of anilines is 3. The molecule has 140 valence electrons. The second-order valence-corrected chi connectivity index (χ2v) is 6.60. The summed E-state index contributed by atoms with van der Waals surface area (Å²) >= 11 is 0. The van der Waals surface area contributed by atoms with E-state index in [2.05, 4.69) is 57.9 Å². The molecule has 0 spiro atoms. The molecule has 6 nitrogen and oxygen atoms in total. The van der Waals surface area contributed by atoms with Crippen LogP contribution in [0.1, 0.15) is 30.9 Å². The molecule has 0 fully saturated rings. The SMILES string of the molecule is COc1cccc(CCNc2nncc(Nc3ccc(C(C)C)cc3)n2)c1. The molecule has 0 aliphatic rings. The van der Waals surface area contributed by atoms with Gasteiger partial charge in [0.1, 0.15) is 5.75 Å². The molecule has 0 unspecified atom stereocenters. The van der Waals surface area contributed by atoms with Crippen LogP contribution in [0.4, 0.5) is 17.5 Å². The molecule has 0 radical (unpaired) electrons. The number of ether oxygens (including phenoxy) is 1. The van der Waals surface area contributed by atoms with E-state index >= 15 is 0 Å². The van der Waals surface area contributed by atoms with Crippen molar-refractivity contribution in [3.05, 3.63) is 65.9 Å². The molecule has 6 heteroatoms. The fourth-order valence-corrected chi connectivity index (χ4v) is 2.68. The molecule has 0 amide bonds. The van der Waals surface area contributed by atoms with Crippen LogP contribution in [-0.2, 0) is 6.42 Å². The second-order valence-electron chi connectivity index (χ2n) is 6.60. The highest BCUT2D eigenvalue weighted by Crippen LogP contribution is 2.19. The van der Waals surface area contributed by atoms with Gasteiger partial charge in [-0.25, -0.2) is 0 Å². The van der Waals surface area contributed by atoms with Gasteiger partial charge in [0.05, 0.1) is 13.3 Å². The van der Waals surface area contributed by atoms with Crippen LogP contribution in [0.2, 0.25) is 0 Å². The van der Waals surface area contributed by atoms with E-state index in [1.54, 1.807) is 13.3 Å². The average molecular weight is 363 g/mol. The highest BCUT2D eigenvalue weighted by molar-refractivity contribution is 5.56. The van der Waals surface area contributed by atoms with Crippen molar-refractivity contribution in [2.75, 3.05) is 24.3 Å². The molecule has 3 aromatic rings. The molecule has 0 aliphatic carbocycles. The largest absolute Gasteiger partial charge is 0.497 e. The van der Waals surface area contributed by atoms with Crippen molar-refractivity contribution in [3.8, 4) is 5.75 Å². The van der Waals surface area contributed by atoms with Crippen molar-refractivity contribution in [1.82, 2.24) is 15.2 Å². The lowest BCUT2D eigenvalue weighted by Gasteiger charge is -2.10. The molecule has 0 saturated heterocycles. The Morgan fingerprint density at radius 2 is 1.89 bits per heavy atom. The fraction of sp³-hybridized carbons (Fsp3) is 0.286.